The number of methoxy groups -OCH3 is 1. The Bertz CT molecular complexity index is 295. The molecule has 0 spiro atoms. The number of nitrogens with zero attached hydrogens (tertiary/aromatic N) is 1. The van der Waals surface area contributed by atoms with Gasteiger partial charge in [0.25, 0.3) is 0 Å². The lowest BCUT2D eigenvalue weighted by atomic mass is 9.99. The lowest BCUT2D eigenvalue weighted by Gasteiger charge is -2.32. The fourth-order valence-corrected chi connectivity index (χ4v) is 2.00. The smallest absolute Gasteiger partial charge is 0.334 e. The summed E-state index contributed by atoms with van der Waals surface area (Å²) >= 11 is 0. The van der Waals surface area contributed by atoms with E-state index in [4.69, 9.17) is 14.9 Å². The highest BCUT2D eigenvalue weighted by Gasteiger charge is 2.24. The molecule has 1 saturated heterocycles. The Balaban J connectivity index is 2.34. The molecular weight excluding hydrogens is 240 g/mol. The van der Waals surface area contributed by atoms with E-state index in [1.807, 2.05) is 0 Å². The van der Waals surface area contributed by atoms with E-state index in [9.17, 15) is 9.59 Å². The van der Waals surface area contributed by atoms with Crippen molar-refractivity contribution in [3.05, 3.63) is 0 Å². The van der Waals surface area contributed by atoms with Gasteiger partial charge in [-0.3, -0.25) is 0 Å². The number of hydrogen-bond acceptors (Lipinski definition) is 4. The minimum absolute atomic E-state index is 0.278. The minimum Gasteiger partial charge on any atom is -0.479 e. The molecule has 0 aromatic heterocycles. The van der Waals surface area contributed by atoms with Gasteiger partial charge < -0.3 is 25.2 Å². The van der Waals surface area contributed by atoms with Crippen LogP contribution < -0.4 is 5.32 Å². The summed E-state index contributed by atoms with van der Waals surface area (Å²) in [4.78, 5) is 23.8. The number of carboxylic acid groups (broad SMARTS) is 1. The molecule has 1 aliphatic rings. The summed E-state index contributed by atoms with van der Waals surface area (Å²) in [6.45, 7) is 1.58. The summed E-state index contributed by atoms with van der Waals surface area (Å²) < 4.78 is 5.06. The van der Waals surface area contributed by atoms with Crippen molar-refractivity contribution in [3.63, 3.8) is 0 Å². The maximum atomic E-state index is 11.7. The SMILES string of the molecule is COCC1CCCN(C(=O)NC[C@H](O)C(=O)O)C1. The molecule has 0 aromatic rings. The Morgan fingerprint density at radius 2 is 2.28 bits per heavy atom. The van der Waals surface area contributed by atoms with Gasteiger partial charge in [0, 0.05) is 26.1 Å². The first-order valence-electron chi connectivity index (χ1n) is 5.97. The molecule has 1 unspecified atom stereocenters. The third-order valence-electron chi connectivity index (χ3n) is 2.94. The van der Waals surface area contributed by atoms with Crippen LogP contribution in [-0.2, 0) is 9.53 Å². The van der Waals surface area contributed by atoms with Gasteiger partial charge in [0.15, 0.2) is 6.10 Å². The number of nitrogens with one attached hydrogen (secondary N) is 1. The lowest BCUT2D eigenvalue weighted by molar-refractivity contribution is -0.146. The second-order valence-corrected chi connectivity index (χ2v) is 4.45. The molecule has 1 rings (SSSR count). The third-order valence-corrected chi connectivity index (χ3v) is 2.94. The van der Waals surface area contributed by atoms with Gasteiger partial charge in [-0.05, 0) is 12.8 Å². The zero-order valence-electron chi connectivity index (χ0n) is 10.5. The van der Waals surface area contributed by atoms with E-state index in [0.717, 1.165) is 12.8 Å². The predicted molar refractivity (Wildman–Crippen MR) is 63.2 cm³/mol. The first-order chi connectivity index (χ1) is 8.54. The minimum atomic E-state index is -1.56. The fourth-order valence-electron chi connectivity index (χ4n) is 2.00. The summed E-state index contributed by atoms with van der Waals surface area (Å²) in [5.41, 5.74) is 0. The van der Waals surface area contributed by atoms with E-state index in [1.165, 1.54) is 0 Å². The van der Waals surface area contributed by atoms with Gasteiger partial charge in [0.1, 0.15) is 0 Å². The number of aliphatic hydroxyl groups is 1. The number of amides is 2. The Labute approximate surface area is 106 Å². The summed E-state index contributed by atoms with van der Waals surface area (Å²) in [5, 5.41) is 20.0. The van der Waals surface area contributed by atoms with Crippen LogP contribution in [0.25, 0.3) is 0 Å². The highest BCUT2D eigenvalue weighted by atomic mass is 16.5. The maximum absolute atomic E-state index is 11.7. The van der Waals surface area contributed by atoms with Crippen LogP contribution in [0, 0.1) is 5.92 Å². The van der Waals surface area contributed by atoms with Gasteiger partial charge in [0.2, 0.25) is 0 Å². The molecule has 7 heteroatoms. The number of aliphatic carboxylic acids is 1. The first kappa shape index (κ1) is 14.7. The molecule has 0 aromatic carbocycles. The second kappa shape index (κ2) is 7.17. The number of rotatable bonds is 5. The Morgan fingerprint density at radius 3 is 2.89 bits per heavy atom. The third kappa shape index (κ3) is 4.50. The van der Waals surface area contributed by atoms with Crippen molar-refractivity contribution in [2.45, 2.75) is 18.9 Å². The van der Waals surface area contributed by atoms with Crippen LogP contribution in [0.3, 0.4) is 0 Å². The highest BCUT2D eigenvalue weighted by molar-refractivity contribution is 5.76. The van der Waals surface area contributed by atoms with Gasteiger partial charge in [-0.1, -0.05) is 0 Å². The van der Waals surface area contributed by atoms with E-state index in [1.54, 1.807) is 12.0 Å². The molecule has 0 bridgehead atoms. The first-order valence-corrected chi connectivity index (χ1v) is 5.97. The number of carboxylic acids is 1. The van der Waals surface area contributed by atoms with E-state index in [0.29, 0.717) is 25.6 Å². The summed E-state index contributed by atoms with van der Waals surface area (Å²) in [7, 11) is 1.63. The summed E-state index contributed by atoms with van der Waals surface area (Å²) in [5.74, 6) is -1.02. The van der Waals surface area contributed by atoms with Crippen molar-refractivity contribution in [1.82, 2.24) is 10.2 Å². The predicted octanol–water partition coefficient (Wildman–Crippen LogP) is -0.500. The quantitative estimate of drug-likeness (QED) is 0.619. The van der Waals surface area contributed by atoms with Crippen LogP contribution in [0.1, 0.15) is 12.8 Å². The molecule has 1 heterocycles. The Morgan fingerprint density at radius 1 is 1.56 bits per heavy atom. The number of ether oxygens (including phenoxy) is 1. The molecule has 18 heavy (non-hydrogen) atoms. The average molecular weight is 260 g/mol. The summed E-state index contributed by atoms with van der Waals surface area (Å²) in [6.07, 6.45) is 0.367. The number of carbonyl (C=O) groups is 2. The Kier molecular flexibility index (Phi) is 5.87. The van der Waals surface area contributed by atoms with Crippen LogP contribution in [0.5, 0.6) is 0 Å². The molecule has 0 saturated carbocycles. The van der Waals surface area contributed by atoms with Crippen LogP contribution in [0.15, 0.2) is 0 Å². The van der Waals surface area contributed by atoms with Gasteiger partial charge in [-0.2, -0.15) is 0 Å². The van der Waals surface area contributed by atoms with Gasteiger partial charge in [-0.15, -0.1) is 0 Å². The van der Waals surface area contributed by atoms with Crippen molar-refractivity contribution in [2.24, 2.45) is 5.92 Å². The zero-order chi connectivity index (χ0) is 13.5. The summed E-state index contributed by atoms with van der Waals surface area (Å²) in [6, 6.07) is -0.337. The van der Waals surface area contributed by atoms with Crippen LogP contribution in [0.4, 0.5) is 4.79 Å². The van der Waals surface area contributed by atoms with Crippen molar-refractivity contribution < 1.29 is 24.5 Å². The van der Waals surface area contributed by atoms with Gasteiger partial charge in [0.05, 0.1) is 13.2 Å². The van der Waals surface area contributed by atoms with Crippen molar-refractivity contribution in [1.29, 1.82) is 0 Å². The van der Waals surface area contributed by atoms with E-state index in [2.05, 4.69) is 5.32 Å². The van der Waals surface area contributed by atoms with Crippen LogP contribution in [0.2, 0.25) is 0 Å². The van der Waals surface area contributed by atoms with Gasteiger partial charge in [-0.25, -0.2) is 9.59 Å². The molecule has 1 aliphatic heterocycles. The number of likely N-dealkylation sites (tertiary alicyclic amines) is 1. The van der Waals surface area contributed by atoms with E-state index < -0.39 is 12.1 Å². The standard InChI is InChI=1S/C11H20N2O5/c1-18-7-8-3-2-4-13(6-8)11(17)12-5-9(14)10(15)16/h8-9,14H,2-7H2,1H3,(H,12,17)(H,15,16)/t8?,9-/m0/s1. The number of hydrogen-bond donors (Lipinski definition) is 3. The monoisotopic (exact) mass is 260 g/mol. The van der Waals surface area contributed by atoms with Crippen molar-refractivity contribution >= 4 is 12.0 Å². The number of piperidine rings is 1. The van der Waals surface area contributed by atoms with Gasteiger partial charge >= 0.3 is 12.0 Å². The number of carbonyl (C=O) groups excluding carboxylic acids is 1. The van der Waals surface area contributed by atoms with E-state index >= 15 is 0 Å². The highest BCUT2D eigenvalue weighted by Crippen LogP contribution is 2.16. The molecule has 7 nitrogen and oxygen atoms in total. The Hall–Kier alpha value is -1.34. The molecule has 0 radical (unpaired) electrons. The van der Waals surface area contributed by atoms with Crippen LogP contribution >= 0.6 is 0 Å². The second-order valence-electron chi connectivity index (χ2n) is 4.45. The molecule has 2 amide bonds. The normalized spacial score (nSPS) is 21.4. The van der Waals surface area contributed by atoms with Crippen LogP contribution in [-0.4, -0.2) is 66.6 Å². The lowest BCUT2D eigenvalue weighted by Crippen LogP contribution is -2.48. The molecule has 104 valence electrons. The van der Waals surface area contributed by atoms with Crippen molar-refractivity contribution in [2.75, 3.05) is 33.4 Å². The fraction of sp³-hybridized carbons (Fsp3) is 0.818. The average Bonchev–Trinajstić information content (AvgIpc) is 2.36. The largest absolute Gasteiger partial charge is 0.479 e. The topological polar surface area (TPSA) is 99.1 Å². The maximum Gasteiger partial charge on any atom is 0.334 e. The number of aliphatic hydroxyl groups excluding tert-OH is 1. The molecular formula is C11H20N2O5. The molecule has 3 N–H and O–H groups in total. The molecule has 0 aliphatic carbocycles. The molecule has 2 atom stereocenters. The molecule has 1 fully saturated rings. The van der Waals surface area contributed by atoms with Crippen molar-refractivity contribution in [3.8, 4) is 0 Å². The zero-order valence-corrected chi connectivity index (χ0v) is 10.5. The number of urea groups is 1. The van der Waals surface area contributed by atoms with E-state index in [-0.39, 0.29) is 12.6 Å².